The van der Waals surface area contributed by atoms with Crippen molar-refractivity contribution in [3.8, 4) is 0 Å². The minimum atomic E-state index is -0.374. The smallest absolute Gasteiger partial charge is 0.254 e. The van der Waals surface area contributed by atoms with E-state index in [9.17, 15) is 9.18 Å². The highest BCUT2D eigenvalue weighted by atomic mass is 19.1. The van der Waals surface area contributed by atoms with Gasteiger partial charge in [0, 0.05) is 18.7 Å². The van der Waals surface area contributed by atoms with Crippen molar-refractivity contribution < 1.29 is 9.18 Å². The molecule has 0 aliphatic heterocycles. The molecule has 0 spiro atoms. The van der Waals surface area contributed by atoms with Crippen LogP contribution < -0.4 is 0 Å². The van der Waals surface area contributed by atoms with Crippen molar-refractivity contribution >= 4 is 5.91 Å². The summed E-state index contributed by atoms with van der Waals surface area (Å²) in [6, 6.07) is 4.38. The summed E-state index contributed by atoms with van der Waals surface area (Å²) in [6.45, 7) is 9.65. The minimum Gasteiger partial charge on any atom is -0.339 e. The van der Waals surface area contributed by atoms with E-state index in [1.165, 1.54) is 12.1 Å². The largest absolute Gasteiger partial charge is 0.339 e. The average Bonchev–Trinajstić information content (AvgIpc) is 2.32. The summed E-state index contributed by atoms with van der Waals surface area (Å²) in [5.74, 6) is -0.511. The minimum absolute atomic E-state index is 0.111. The first kappa shape index (κ1) is 15.6. The Hall–Kier alpha value is -1.38. The van der Waals surface area contributed by atoms with Crippen molar-refractivity contribution in [1.29, 1.82) is 0 Å². The predicted octanol–water partition coefficient (Wildman–Crippen LogP) is 3.64. The lowest BCUT2D eigenvalue weighted by molar-refractivity contribution is 0.0753. The van der Waals surface area contributed by atoms with Gasteiger partial charge in [0.1, 0.15) is 5.82 Å². The molecule has 0 N–H and O–H groups in total. The number of nitrogens with zero attached hydrogens (tertiary/aromatic N) is 1. The maximum Gasteiger partial charge on any atom is 0.254 e. The van der Waals surface area contributed by atoms with Crippen LogP contribution in [0.25, 0.3) is 0 Å². The number of rotatable bonds is 2. The van der Waals surface area contributed by atoms with Crippen LogP contribution in [0.3, 0.4) is 0 Å². The summed E-state index contributed by atoms with van der Waals surface area (Å²) in [7, 11) is 1.72. The maximum absolute atomic E-state index is 13.0. The summed E-state index contributed by atoms with van der Waals surface area (Å²) < 4.78 is 13.0. The fourth-order valence-electron chi connectivity index (χ4n) is 1.25. The molecule has 0 saturated carbocycles. The molecular formula is C14H22FNO. The summed E-state index contributed by atoms with van der Waals surface area (Å²) in [6.07, 6.45) is 0. The molecule has 0 bridgehead atoms. The van der Waals surface area contributed by atoms with Crippen LogP contribution in [-0.2, 0) is 0 Å². The van der Waals surface area contributed by atoms with Crippen LogP contribution in [0.15, 0.2) is 18.2 Å². The van der Waals surface area contributed by atoms with Gasteiger partial charge in [-0.25, -0.2) is 4.39 Å². The first-order chi connectivity index (χ1) is 7.93. The van der Waals surface area contributed by atoms with E-state index >= 15 is 0 Å². The second-order valence-electron chi connectivity index (χ2n) is 3.97. The second-order valence-corrected chi connectivity index (χ2v) is 3.97. The van der Waals surface area contributed by atoms with Gasteiger partial charge in [-0.15, -0.1) is 0 Å². The Kier molecular flexibility index (Phi) is 6.47. The monoisotopic (exact) mass is 239 g/mol. The molecule has 1 rings (SSSR count). The van der Waals surface area contributed by atoms with Crippen molar-refractivity contribution in [1.82, 2.24) is 4.90 Å². The molecule has 0 aliphatic rings. The number of hydrogen-bond donors (Lipinski definition) is 0. The summed E-state index contributed by atoms with van der Waals surface area (Å²) in [5, 5.41) is 0. The molecule has 0 aliphatic carbocycles. The van der Waals surface area contributed by atoms with Crippen molar-refractivity contribution in [2.24, 2.45) is 0 Å². The Balaban J connectivity index is 0.00000121. The van der Waals surface area contributed by atoms with Crippen LogP contribution in [0.2, 0.25) is 0 Å². The zero-order chi connectivity index (χ0) is 13.6. The van der Waals surface area contributed by atoms with Gasteiger partial charge in [-0.2, -0.15) is 0 Å². The lowest BCUT2D eigenvalue weighted by Crippen LogP contribution is -2.33. The zero-order valence-corrected chi connectivity index (χ0v) is 11.5. The fourth-order valence-corrected chi connectivity index (χ4v) is 1.25. The Morgan fingerprint density at radius 1 is 1.29 bits per heavy atom. The highest BCUT2D eigenvalue weighted by Gasteiger charge is 2.16. The molecule has 3 heteroatoms. The van der Waals surface area contributed by atoms with Crippen LogP contribution in [0, 0.1) is 12.7 Å². The molecule has 0 atom stereocenters. The summed E-state index contributed by atoms with van der Waals surface area (Å²) >= 11 is 0. The Bertz CT molecular complexity index is 374. The number of carbonyl (C=O) groups is 1. The van der Waals surface area contributed by atoms with Gasteiger partial charge in [0.15, 0.2) is 0 Å². The van der Waals surface area contributed by atoms with E-state index in [-0.39, 0.29) is 17.8 Å². The predicted molar refractivity (Wildman–Crippen MR) is 69.7 cm³/mol. The number of carbonyl (C=O) groups excluding carboxylic acids is 1. The molecule has 0 saturated heterocycles. The van der Waals surface area contributed by atoms with Gasteiger partial charge in [0.2, 0.25) is 0 Å². The third kappa shape index (κ3) is 4.17. The Labute approximate surface area is 103 Å². The van der Waals surface area contributed by atoms with Crippen LogP contribution in [-0.4, -0.2) is 23.9 Å². The lowest BCUT2D eigenvalue weighted by Gasteiger charge is -2.22. The van der Waals surface area contributed by atoms with E-state index in [1.807, 2.05) is 27.7 Å². The van der Waals surface area contributed by atoms with Crippen molar-refractivity contribution in [3.05, 3.63) is 35.1 Å². The van der Waals surface area contributed by atoms with E-state index in [0.29, 0.717) is 5.56 Å². The van der Waals surface area contributed by atoms with Crippen molar-refractivity contribution in [2.75, 3.05) is 7.05 Å². The molecule has 0 unspecified atom stereocenters. The third-order valence-electron chi connectivity index (χ3n) is 2.52. The van der Waals surface area contributed by atoms with E-state index in [0.717, 1.165) is 5.56 Å². The van der Waals surface area contributed by atoms with E-state index < -0.39 is 0 Å². The molecule has 1 aromatic rings. The van der Waals surface area contributed by atoms with Crippen LogP contribution in [0.1, 0.15) is 43.6 Å². The van der Waals surface area contributed by atoms with Crippen LogP contribution in [0.5, 0.6) is 0 Å². The molecule has 0 heterocycles. The Morgan fingerprint density at radius 3 is 2.29 bits per heavy atom. The van der Waals surface area contributed by atoms with Gasteiger partial charge in [0.25, 0.3) is 5.91 Å². The van der Waals surface area contributed by atoms with Crippen molar-refractivity contribution in [3.63, 3.8) is 0 Å². The van der Waals surface area contributed by atoms with E-state index in [4.69, 9.17) is 0 Å². The highest BCUT2D eigenvalue weighted by Crippen LogP contribution is 2.13. The van der Waals surface area contributed by atoms with E-state index in [2.05, 4.69) is 0 Å². The molecule has 0 fully saturated rings. The number of amides is 1. The zero-order valence-electron chi connectivity index (χ0n) is 11.5. The summed E-state index contributed by atoms with van der Waals surface area (Å²) in [4.78, 5) is 13.5. The topological polar surface area (TPSA) is 20.3 Å². The maximum atomic E-state index is 13.0. The SMILES string of the molecule is CC.Cc1ccc(F)cc1C(=O)N(C)C(C)C. The van der Waals surface area contributed by atoms with Gasteiger partial charge >= 0.3 is 0 Å². The Morgan fingerprint density at radius 2 is 1.82 bits per heavy atom. The van der Waals surface area contributed by atoms with Crippen LogP contribution >= 0.6 is 0 Å². The van der Waals surface area contributed by atoms with Crippen LogP contribution in [0.4, 0.5) is 4.39 Å². The molecule has 17 heavy (non-hydrogen) atoms. The summed E-state index contributed by atoms with van der Waals surface area (Å²) in [5.41, 5.74) is 1.24. The number of halogens is 1. The van der Waals surface area contributed by atoms with Gasteiger partial charge in [-0.05, 0) is 38.5 Å². The molecule has 2 nitrogen and oxygen atoms in total. The molecule has 1 aromatic carbocycles. The van der Waals surface area contributed by atoms with E-state index in [1.54, 1.807) is 24.9 Å². The average molecular weight is 239 g/mol. The van der Waals surface area contributed by atoms with Gasteiger partial charge in [-0.3, -0.25) is 4.79 Å². The van der Waals surface area contributed by atoms with Crippen molar-refractivity contribution in [2.45, 2.75) is 40.7 Å². The normalized spacial score (nSPS) is 9.65. The highest BCUT2D eigenvalue weighted by molar-refractivity contribution is 5.95. The quantitative estimate of drug-likeness (QED) is 0.771. The molecular weight excluding hydrogens is 217 g/mol. The molecule has 0 radical (unpaired) electrons. The second kappa shape index (κ2) is 7.05. The standard InChI is InChI=1S/C12H16FNO.C2H6/c1-8(2)14(4)12(15)11-7-10(13)6-5-9(11)3;1-2/h5-8H,1-4H3;1-2H3. The number of hydrogen-bond acceptors (Lipinski definition) is 1. The van der Waals surface area contributed by atoms with Gasteiger partial charge < -0.3 is 4.90 Å². The van der Waals surface area contributed by atoms with Gasteiger partial charge in [-0.1, -0.05) is 19.9 Å². The number of aryl methyl sites for hydroxylation is 1. The first-order valence-electron chi connectivity index (χ1n) is 5.96. The fraction of sp³-hybridized carbons (Fsp3) is 0.500. The molecule has 0 aromatic heterocycles. The van der Waals surface area contributed by atoms with Gasteiger partial charge in [0.05, 0.1) is 0 Å². The number of benzene rings is 1. The molecule has 1 amide bonds. The lowest BCUT2D eigenvalue weighted by atomic mass is 10.1. The third-order valence-corrected chi connectivity index (χ3v) is 2.52. The first-order valence-corrected chi connectivity index (χ1v) is 5.96. The molecule has 96 valence electrons.